The van der Waals surface area contributed by atoms with E-state index in [0.29, 0.717) is 18.0 Å². The lowest BCUT2D eigenvalue weighted by Crippen LogP contribution is -2.39. The van der Waals surface area contributed by atoms with Gasteiger partial charge in [-0.1, -0.05) is 32.0 Å². The van der Waals surface area contributed by atoms with Gasteiger partial charge in [-0.05, 0) is 39.4 Å². The van der Waals surface area contributed by atoms with Crippen molar-refractivity contribution in [1.82, 2.24) is 10.2 Å². The largest absolute Gasteiger partial charge is 0.496 e. The maximum absolute atomic E-state index is 5.43. The number of benzene rings is 1. The van der Waals surface area contributed by atoms with Crippen LogP contribution in [0.4, 0.5) is 0 Å². The van der Waals surface area contributed by atoms with E-state index in [1.165, 1.54) is 12.0 Å². The topological polar surface area (TPSA) is 24.5 Å². The van der Waals surface area contributed by atoms with Crippen molar-refractivity contribution in [2.75, 3.05) is 27.7 Å². The number of hydrogen-bond donors (Lipinski definition) is 1. The van der Waals surface area contributed by atoms with Gasteiger partial charge in [0.1, 0.15) is 5.75 Å². The molecule has 0 aromatic heterocycles. The van der Waals surface area contributed by atoms with Gasteiger partial charge in [0.25, 0.3) is 0 Å². The van der Waals surface area contributed by atoms with Crippen molar-refractivity contribution in [2.24, 2.45) is 5.92 Å². The molecule has 0 amide bonds. The number of para-hydroxylation sites is 1. The van der Waals surface area contributed by atoms with E-state index in [9.17, 15) is 0 Å². The van der Waals surface area contributed by atoms with Crippen LogP contribution in [0.2, 0.25) is 0 Å². The summed E-state index contributed by atoms with van der Waals surface area (Å²) in [6, 6.07) is 9.08. The zero-order valence-electron chi connectivity index (χ0n) is 13.8. The Kier molecular flexibility index (Phi) is 7.03. The molecule has 2 atom stereocenters. The molecule has 1 N–H and O–H groups in total. The fourth-order valence-electron chi connectivity index (χ4n) is 2.47. The van der Waals surface area contributed by atoms with Gasteiger partial charge in [-0.2, -0.15) is 0 Å². The smallest absolute Gasteiger partial charge is 0.123 e. The fourth-order valence-corrected chi connectivity index (χ4v) is 2.47. The predicted octanol–water partition coefficient (Wildman–Crippen LogP) is 3.32. The molecular weight excluding hydrogens is 248 g/mol. The van der Waals surface area contributed by atoms with Crippen LogP contribution in [0, 0.1) is 5.92 Å². The van der Waals surface area contributed by atoms with E-state index in [4.69, 9.17) is 4.74 Å². The zero-order chi connectivity index (χ0) is 15.1. The van der Waals surface area contributed by atoms with Crippen molar-refractivity contribution >= 4 is 0 Å². The Morgan fingerprint density at radius 2 is 1.80 bits per heavy atom. The minimum atomic E-state index is 0.292. The third-order valence-electron chi connectivity index (χ3n) is 3.74. The first-order valence-electron chi connectivity index (χ1n) is 7.48. The maximum Gasteiger partial charge on any atom is 0.123 e. The average molecular weight is 278 g/mol. The van der Waals surface area contributed by atoms with E-state index in [0.717, 1.165) is 12.3 Å². The van der Waals surface area contributed by atoms with Crippen LogP contribution in [0.25, 0.3) is 0 Å². The molecule has 114 valence electrons. The van der Waals surface area contributed by atoms with Gasteiger partial charge in [0.15, 0.2) is 0 Å². The third kappa shape index (κ3) is 5.14. The number of nitrogens with one attached hydrogen (secondary N) is 1. The summed E-state index contributed by atoms with van der Waals surface area (Å²) in [5.41, 5.74) is 1.22. The Bertz CT molecular complexity index is 390. The van der Waals surface area contributed by atoms with Crippen LogP contribution in [0.5, 0.6) is 5.75 Å². The average Bonchev–Trinajstić information content (AvgIpc) is 2.42. The van der Waals surface area contributed by atoms with Gasteiger partial charge in [-0.15, -0.1) is 0 Å². The first-order chi connectivity index (χ1) is 9.45. The highest BCUT2D eigenvalue weighted by Gasteiger charge is 2.16. The Hall–Kier alpha value is -1.06. The summed E-state index contributed by atoms with van der Waals surface area (Å²) in [7, 11) is 6.04. The van der Waals surface area contributed by atoms with Crippen molar-refractivity contribution in [3.63, 3.8) is 0 Å². The minimum absolute atomic E-state index is 0.292. The van der Waals surface area contributed by atoms with E-state index in [2.05, 4.69) is 57.2 Å². The molecule has 0 spiro atoms. The normalized spacial score (nSPS) is 14.6. The van der Waals surface area contributed by atoms with Gasteiger partial charge in [0.05, 0.1) is 7.11 Å². The Morgan fingerprint density at radius 3 is 2.35 bits per heavy atom. The first kappa shape index (κ1) is 17.0. The number of rotatable bonds is 8. The van der Waals surface area contributed by atoms with E-state index in [1.54, 1.807) is 7.11 Å². The monoisotopic (exact) mass is 278 g/mol. The first-order valence-corrected chi connectivity index (χ1v) is 7.48. The van der Waals surface area contributed by atoms with E-state index >= 15 is 0 Å². The highest BCUT2D eigenvalue weighted by atomic mass is 16.5. The van der Waals surface area contributed by atoms with Crippen molar-refractivity contribution in [3.05, 3.63) is 29.8 Å². The quantitative estimate of drug-likeness (QED) is 0.789. The van der Waals surface area contributed by atoms with E-state index in [-0.39, 0.29) is 0 Å². The molecule has 20 heavy (non-hydrogen) atoms. The second-order valence-corrected chi connectivity index (χ2v) is 6.12. The molecule has 0 aliphatic heterocycles. The Balaban J connectivity index is 2.63. The standard InChI is InChI=1S/C17H30N2O/c1-13(2)11-15(19(4)5)12-18-14(3)16-9-7-8-10-17(16)20-6/h7-10,13-15,18H,11-12H2,1-6H3. The number of ether oxygens (including phenoxy) is 1. The lowest BCUT2D eigenvalue weighted by Gasteiger charge is -2.28. The van der Waals surface area contributed by atoms with Crippen LogP contribution in [-0.2, 0) is 0 Å². The number of nitrogens with zero attached hydrogens (tertiary/aromatic N) is 1. The predicted molar refractivity (Wildman–Crippen MR) is 86.3 cm³/mol. The van der Waals surface area contributed by atoms with Crippen molar-refractivity contribution < 1.29 is 4.74 Å². The molecular formula is C17H30N2O. The van der Waals surface area contributed by atoms with Gasteiger partial charge < -0.3 is 15.0 Å². The highest BCUT2D eigenvalue weighted by Crippen LogP contribution is 2.24. The van der Waals surface area contributed by atoms with Gasteiger partial charge >= 0.3 is 0 Å². The van der Waals surface area contributed by atoms with Gasteiger partial charge in [0.2, 0.25) is 0 Å². The summed E-state index contributed by atoms with van der Waals surface area (Å²) in [5.74, 6) is 1.67. The molecule has 0 aliphatic rings. The second kappa shape index (κ2) is 8.28. The summed E-state index contributed by atoms with van der Waals surface area (Å²) in [6.07, 6.45) is 1.21. The summed E-state index contributed by atoms with van der Waals surface area (Å²) in [5, 5.41) is 3.64. The molecule has 1 rings (SSSR count). The maximum atomic E-state index is 5.43. The molecule has 3 nitrogen and oxygen atoms in total. The Morgan fingerprint density at radius 1 is 1.15 bits per heavy atom. The summed E-state index contributed by atoms with van der Waals surface area (Å²) in [6.45, 7) is 7.74. The molecule has 3 heteroatoms. The van der Waals surface area contributed by atoms with Crippen LogP contribution in [0.3, 0.4) is 0 Å². The molecule has 0 heterocycles. The lowest BCUT2D eigenvalue weighted by molar-refractivity contribution is 0.241. The van der Waals surface area contributed by atoms with E-state index < -0.39 is 0 Å². The van der Waals surface area contributed by atoms with E-state index in [1.807, 2.05) is 12.1 Å². The van der Waals surface area contributed by atoms with Crippen LogP contribution < -0.4 is 10.1 Å². The Labute approximate surface area is 124 Å². The van der Waals surface area contributed by atoms with Gasteiger partial charge in [0, 0.05) is 24.2 Å². The molecule has 0 bridgehead atoms. The van der Waals surface area contributed by atoms with Crippen molar-refractivity contribution in [1.29, 1.82) is 0 Å². The van der Waals surface area contributed by atoms with Crippen LogP contribution in [0.1, 0.15) is 38.8 Å². The second-order valence-electron chi connectivity index (χ2n) is 6.12. The summed E-state index contributed by atoms with van der Waals surface area (Å²) in [4.78, 5) is 2.31. The zero-order valence-corrected chi connectivity index (χ0v) is 13.8. The number of likely N-dealkylation sites (N-methyl/N-ethyl adjacent to an activating group) is 1. The van der Waals surface area contributed by atoms with Crippen molar-refractivity contribution in [2.45, 2.75) is 39.3 Å². The third-order valence-corrected chi connectivity index (χ3v) is 3.74. The molecule has 0 saturated carbocycles. The van der Waals surface area contributed by atoms with Crippen LogP contribution in [-0.4, -0.2) is 38.7 Å². The summed E-state index contributed by atoms with van der Waals surface area (Å²) >= 11 is 0. The molecule has 2 unspecified atom stereocenters. The molecule has 1 aromatic carbocycles. The minimum Gasteiger partial charge on any atom is -0.496 e. The number of methoxy groups -OCH3 is 1. The lowest BCUT2D eigenvalue weighted by atomic mass is 10.0. The fraction of sp³-hybridized carbons (Fsp3) is 0.647. The van der Waals surface area contributed by atoms with Crippen LogP contribution >= 0.6 is 0 Å². The molecule has 0 saturated heterocycles. The van der Waals surface area contributed by atoms with Gasteiger partial charge in [-0.25, -0.2) is 0 Å². The SMILES string of the molecule is COc1ccccc1C(C)NCC(CC(C)C)N(C)C. The van der Waals surface area contributed by atoms with Crippen LogP contribution in [0.15, 0.2) is 24.3 Å². The molecule has 0 radical (unpaired) electrons. The molecule has 0 aliphatic carbocycles. The van der Waals surface area contributed by atoms with Crippen molar-refractivity contribution in [3.8, 4) is 5.75 Å². The highest BCUT2D eigenvalue weighted by molar-refractivity contribution is 5.35. The number of hydrogen-bond acceptors (Lipinski definition) is 3. The molecule has 1 aromatic rings. The molecule has 0 fully saturated rings. The summed E-state index contributed by atoms with van der Waals surface area (Å²) < 4.78 is 5.43. The van der Waals surface area contributed by atoms with Gasteiger partial charge in [-0.3, -0.25) is 0 Å².